The van der Waals surface area contributed by atoms with Gasteiger partial charge in [0.05, 0.1) is 21.8 Å². The van der Waals surface area contributed by atoms with Crippen LogP contribution >= 0.6 is 0 Å². The molecule has 20 heavy (non-hydrogen) atoms. The van der Waals surface area contributed by atoms with Gasteiger partial charge in [0.25, 0.3) is 0 Å². The zero-order valence-corrected chi connectivity index (χ0v) is 11.6. The zero-order valence-electron chi connectivity index (χ0n) is 10.7. The number of rotatable bonds is 4. The maximum atomic E-state index is 12.2. The summed E-state index contributed by atoms with van der Waals surface area (Å²) in [5, 5.41) is 0.495. The van der Waals surface area contributed by atoms with Gasteiger partial charge in [0, 0.05) is 23.8 Å². The second-order valence-corrected chi connectivity index (χ2v) is 5.97. The Labute approximate surface area is 118 Å². The number of aromatic amines is 1. The number of aryl methyl sites for hydroxylation is 1. The number of nitrogens with zero attached hydrogens (tertiary/aromatic N) is 2. The first kappa shape index (κ1) is 12.8. The molecule has 0 aliphatic rings. The first-order valence-electron chi connectivity index (χ1n) is 6.25. The molecule has 3 rings (SSSR count). The number of anilines is 1. The molecular weight excluding hydrogens is 272 g/mol. The molecule has 1 atom stereocenters. The maximum absolute atomic E-state index is 12.2. The normalized spacial score (nSPS) is 12.6. The van der Waals surface area contributed by atoms with Gasteiger partial charge in [-0.15, -0.1) is 0 Å². The van der Waals surface area contributed by atoms with Gasteiger partial charge in [-0.25, -0.2) is 4.98 Å². The molecule has 0 saturated carbocycles. The highest BCUT2D eigenvalue weighted by Crippen LogP contribution is 2.17. The van der Waals surface area contributed by atoms with Crippen LogP contribution in [0.2, 0.25) is 0 Å². The summed E-state index contributed by atoms with van der Waals surface area (Å²) in [5.74, 6) is 0.515. The minimum absolute atomic E-state index is 0.495. The molecule has 0 aliphatic heterocycles. The van der Waals surface area contributed by atoms with E-state index >= 15 is 0 Å². The van der Waals surface area contributed by atoms with Crippen LogP contribution in [0.1, 0.15) is 5.56 Å². The van der Waals surface area contributed by atoms with Crippen LogP contribution < -0.4 is 5.73 Å². The fourth-order valence-electron chi connectivity index (χ4n) is 1.96. The predicted molar refractivity (Wildman–Crippen MR) is 79.7 cm³/mol. The summed E-state index contributed by atoms with van der Waals surface area (Å²) >= 11 is 0. The van der Waals surface area contributed by atoms with E-state index < -0.39 is 10.8 Å². The molecule has 0 bridgehead atoms. The number of hydrogen-bond acceptors (Lipinski definition) is 4. The van der Waals surface area contributed by atoms with Crippen molar-refractivity contribution in [2.24, 2.45) is 0 Å². The molecule has 2 heterocycles. The lowest BCUT2D eigenvalue weighted by Gasteiger charge is -1.99. The van der Waals surface area contributed by atoms with Crippen molar-refractivity contribution in [3.8, 4) is 0 Å². The third kappa shape index (κ3) is 2.70. The van der Waals surface area contributed by atoms with Crippen molar-refractivity contribution in [3.63, 3.8) is 0 Å². The van der Waals surface area contributed by atoms with Gasteiger partial charge in [-0.3, -0.25) is 9.19 Å². The van der Waals surface area contributed by atoms with E-state index in [2.05, 4.69) is 15.0 Å². The molecule has 2 aromatic heterocycles. The van der Waals surface area contributed by atoms with Gasteiger partial charge in [-0.05, 0) is 36.2 Å². The summed E-state index contributed by atoms with van der Waals surface area (Å²) in [4.78, 5) is 11.4. The summed E-state index contributed by atoms with van der Waals surface area (Å²) in [6.07, 6.45) is 4.22. The van der Waals surface area contributed by atoms with E-state index in [1.807, 2.05) is 18.2 Å². The van der Waals surface area contributed by atoms with E-state index in [0.29, 0.717) is 23.0 Å². The van der Waals surface area contributed by atoms with E-state index in [4.69, 9.17) is 5.73 Å². The topological polar surface area (TPSA) is 84.7 Å². The maximum Gasteiger partial charge on any atom is 0.197 e. The van der Waals surface area contributed by atoms with Crippen molar-refractivity contribution in [2.75, 3.05) is 11.5 Å². The Hall–Kier alpha value is -2.21. The molecule has 3 aromatic rings. The summed E-state index contributed by atoms with van der Waals surface area (Å²) in [5.41, 5.74) is 9.04. The van der Waals surface area contributed by atoms with Crippen molar-refractivity contribution in [3.05, 3.63) is 48.3 Å². The van der Waals surface area contributed by atoms with Crippen LogP contribution in [0.15, 0.2) is 47.9 Å². The summed E-state index contributed by atoms with van der Waals surface area (Å²) in [6.45, 7) is 0. The Morgan fingerprint density at radius 2 is 2.20 bits per heavy atom. The molecule has 6 heteroatoms. The molecular formula is C14H14N4OS. The SMILES string of the molecule is Nc1ccc2nc(S(=O)CCc3cccnc3)[nH]c2c1. The second kappa shape index (κ2) is 5.42. The number of hydrogen-bond donors (Lipinski definition) is 2. The van der Waals surface area contributed by atoms with Gasteiger partial charge in [0.2, 0.25) is 0 Å². The Bertz CT molecular complexity index is 754. The molecule has 5 nitrogen and oxygen atoms in total. The minimum Gasteiger partial charge on any atom is -0.399 e. The highest BCUT2D eigenvalue weighted by molar-refractivity contribution is 7.84. The molecule has 3 N–H and O–H groups in total. The highest BCUT2D eigenvalue weighted by atomic mass is 32.2. The van der Waals surface area contributed by atoms with Crippen LogP contribution in [0.25, 0.3) is 11.0 Å². The van der Waals surface area contributed by atoms with E-state index in [1.165, 1.54) is 0 Å². The van der Waals surface area contributed by atoms with Crippen LogP contribution in [-0.2, 0) is 17.2 Å². The number of imidazole rings is 1. The molecule has 0 amide bonds. The number of pyridine rings is 1. The number of aromatic nitrogens is 3. The Kier molecular flexibility index (Phi) is 3.47. The Morgan fingerprint density at radius 3 is 3.00 bits per heavy atom. The second-order valence-electron chi connectivity index (χ2n) is 4.48. The molecule has 0 aliphatic carbocycles. The summed E-state index contributed by atoms with van der Waals surface area (Å²) in [6, 6.07) is 9.25. The van der Waals surface area contributed by atoms with Gasteiger partial charge >= 0.3 is 0 Å². The van der Waals surface area contributed by atoms with Gasteiger partial charge in [0.1, 0.15) is 0 Å². The highest BCUT2D eigenvalue weighted by Gasteiger charge is 2.10. The third-order valence-corrected chi connectivity index (χ3v) is 4.20. The Morgan fingerprint density at radius 1 is 1.30 bits per heavy atom. The number of benzene rings is 1. The van der Waals surface area contributed by atoms with E-state index in [-0.39, 0.29) is 0 Å². The minimum atomic E-state index is -1.16. The van der Waals surface area contributed by atoms with Gasteiger partial charge in [-0.2, -0.15) is 0 Å². The number of H-pyrrole nitrogens is 1. The lowest BCUT2D eigenvalue weighted by atomic mass is 10.2. The zero-order chi connectivity index (χ0) is 13.9. The van der Waals surface area contributed by atoms with Crippen LogP contribution in [0, 0.1) is 0 Å². The van der Waals surface area contributed by atoms with Crippen molar-refractivity contribution < 1.29 is 4.21 Å². The number of nitrogens with two attached hydrogens (primary N) is 1. The average Bonchev–Trinajstić information content (AvgIpc) is 2.89. The Balaban J connectivity index is 1.75. The average molecular weight is 286 g/mol. The fraction of sp³-hybridized carbons (Fsp3) is 0.143. The van der Waals surface area contributed by atoms with Gasteiger partial charge < -0.3 is 10.7 Å². The van der Waals surface area contributed by atoms with Crippen molar-refractivity contribution in [1.29, 1.82) is 0 Å². The van der Waals surface area contributed by atoms with Crippen molar-refractivity contribution >= 4 is 27.5 Å². The predicted octanol–water partition coefficient (Wildman–Crippen LogP) is 1.89. The number of fused-ring (bicyclic) bond motifs is 1. The molecule has 0 saturated heterocycles. The monoisotopic (exact) mass is 286 g/mol. The first-order valence-corrected chi connectivity index (χ1v) is 7.57. The smallest absolute Gasteiger partial charge is 0.197 e. The lowest BCUT2D eigenvalue weighted by Crippen LogP contribution is -2.03. The largest absolute Gasteiger partial charge is 0.399 e. The summed E-state index contributed by atoms with van der Waals surface area (Å²) < 4.78 is 12.2. The molecule has 1 aromatic carbocycles. The molecule has 0 spiro atoms. The molecule has 1 unspecified atom stereocenters. The van der Waals surface area contributed by atoms with Crippen LogP contribution in [0.3, 0.4) is 0 Å². The lowest BCUT2D eigenvalue weighted by molar-refractivity contribution is 0.677. The van der Waals surface area contributed by atoms with E-state index in [0.717, 1.165) is 16.6 Å². The van der Waals surface area contributed by atoms with Crippen LogP contribution in [0.4, 0.5) is 5.69 Å². The number of nitrogen functional groups attached to an aromatic ring is 1. The van der Waals surface area contributed by atoms with Crippen molar-refractivity contribution in [1.82, 2.24) is 15.0 Å². The van der Waals surface area contributed by atoms with E-state index in [1.54, 1.807) is 24.5 Å². The quantitative estimate of drug-likeness (QED) is 0.717. The van der Waals surface area contributed by atoms with Crippen LogP contribution in [0.5, 0.6) is 0 Å². The van der Waals surface area contributed by atoms with Gasteiger partial charge in [-0.1, -0.05) is 6.07 Å². The standard InChI is InChI=1S/C14H14N4OS/c15-11-3-4-12-13(8-11)18-14(17-12)20(19)7-5-10-2-1-6-16-9-10/h1-4,6,8-9H,5,7,15H2,(H,17,18). The van der Waals surface area contributed by atoms with Gasteiger partial charge in [0.15, 0.2) is 5.16 Å². The fourth-order valence-corrected chi connectivity index (χ4v) is 3.00. The number of nitrogens with one attached hydrogen (secondary N) is 1. The molecule has 0 radical (unpaired) electrons. The molecule has 0 fully saturated rings. The van der Waals surface area contributed by atoms with E-state index in [9.17, 15) is 4.21 Å². The molecule has 102 valence electrons. The first-order chi connectivity index (χ1) is 9.72. The van der Waals surface area contributed by atoms with Crippen molar-refractivity contribution in [2.45, 2.75) is 11.6 Å². The summed E-state index contributed by atoms with van der Waals surface area (Å²) in [7, 11) is -1.16. The van der Waals surface area contributed by atoms with Crippen LogP contribution in [-0.4, -0.2) is 24.9 Å². The third-order valence-electron chi connectivity index (χ3n) is 3.00.